The van der Waals surface area contributed by atoms with Gasteiger partial charge in [-0.2, -0.15) is 0 Å². The molecule has 2 N–H and O–H groups in total. The number of aromatic amines is 1. The first kappa shape index (κ1) is 14.9. The third-order valence-electron chi connectivity index (χ3n) is 2.48. The van der Waals surface area contributed by atoms with Crippen LogP contribution in [0.3, 0.4) is 0 Å². The number of nitrogens with one attached hydrogen (secondary N) is 2. The van der Waals surface area contributed by atoms with E-state index in [-0.39, 0.29) is 35.5 Å². The molecule has 0 aromatic carbocycles. The van der Waals surface area contributed by atoms with E-state index >= 15 is 0 Å². The highest BCUT2D eigenvalue weighted by molar-refractivity contribution is 5.96. The number of aromatic nitrogens is 1. The summed E-state index contributed by atoms with van der Waals surface area (Å²) in [7, 11) is 0. The van der Waals surface area contributed by atoms with Crippen LogP contribution < -0.4 is 10.9 Å². The minimum absolute atomic E-state index is 0.0136. The SMILES string of the molecule is CCN(CC(=O)NC(C)C)C(=O)c1cc[nH]c(=O)c1. The molecule has 2 amide bonds. The van der Waals surface area contributed by atoms with Crippen LogP contribution in [0.4, 0.5) is 0 Å². The monoisotopic (exact) mass is 265 g/mol. The molecule has 1 aromatic heterocycles. The van der Waals surface area contributed by atoms with Crippen LogP contribution in [0.25, 0.3) is 0 Å². The van der Waals surface area contributed by atoms with Crippen molar-refractivity contribution in [3.8, 4) is 0 Å². The summed E-state index contributed by atoms with van der Waals surface area (Å²) in [6.45, 7) is 5.88. The second-order valence-electron chi connectivity index (χ2n) is 4.48. The van der Waals surface area contributed by atoms with Crippen LogP contribution in [-0.4, -0.2) is 40.8 Å². The summed E-state index contributed by atoms with van der Waals surface area (Å²) in [4.78, 5) is 38.8. The van der Waals surface area contributed by atoms with Gasteiger partial charge < -0.3 is 15.2 Å². The lowest BCUT2D eigenvalue weighted by molar-refractivity contribution is -0.122. The van der Waals surface area contributed by atoms with Crippen LogP contribution in [0.5, 0.6) is 0 Å². The van der Waals surface area contributed by atoms with E-state index in [1.54, 1.807) is 6.92 Å². The van der Waals surface area contributed by atoms with Crippen molar-refractivity contribution in [1.29, 1.82) is 0 Å². The molecule has 104 valence electrons. The van der Waals surface area contributed by atoms with Crippen LogP contribution >= 0.6 is 0 Å². The zero-order valence-corrected chi connectivity index (χ0v) is 11.4. The van der Waals surface area contributed by atoms with Crippen molar-refractivity contribution in [3.63, 3.8) is 0 Å². The summed E-state index contributed by atoms with van der Waals surface area (Å²) in [6, 6.07) is 2.78. The molecule has 19 heavy (non-hydrogen) atoms. The predicted octanol–water partition coefficient (Wildman–Crippen LogP) is 0.362. The quantitative estimate of drug-likeness (QED) is 0.806. The van der Waals surface area contributed by atoms with Crippen molar-refractivity contribution < 1.29 is 9.59 Å². The standard InChI is InChI=1S/C13H19N3O3/c1-4-16(8-12(18)15-9(2)3)13(19)10-5-6-14-11(17)7-10/h5-7,9H,4,8H2,1-3H3,(H,14,17)(H,15,18). The summed E-state index contributed by atoms with van der Waals surface area (Å²) >= 11 is 0. The third kappa shape index (κ3) is 4.57. The topological polar surface area (TPSA) is 82.3 Å². The number of carbonyl (C=O) groups is 2. The molecule has 0 saturated carbocycles. The molecule has 0 saturated heterocycles. The third-order valence-corrected chi connectivity index (χ3v) is 2.48. The van der Waals surface area contributed by atoms with E-state index in [1.165, 1.54) is 23.2 Å². The van der Waals surface area contributed by atoms with E-state index in [0.29, 0.717) is 6.54 Å². The Morgan fingerprint density at radius 2 is 2.11 bits per heavy atom. The van der Waals surface area contributed by atoms with E-state index in [0.717, 1.165) is 0 Å². The molecule has 0 radical (unpaired) electrons. The summed E-state index contributed by atoms with van der Waals surface area (Å²) in [5.74, 6) is -0.539. The predicted molar refractivity (Wildman–Crippen MR) is 71.9 cm³/mol. The number of H-pyrrole nitrogens is 1. The van der Waals surface area contributed by atoms with Crippen LogP contribution in [0.15, 0.2) is 23.1 Å². The van der Waals surface area contributed by atoms with Gasteiger partial charge in [0.05, 0.1) is 6.54 Å². The number of rotatable bonds is 5. The van der Waals surface area contributed by atoms with Crippen molar-refractivity contribution in [1.82, 2.24) is 15.2 Å². The number of carbonyl (C=O) groups excluding carboxylic acids is 2. The van der Waals surface area contributed by atoms with Gasteiger partial charge in [-0.05, 0) is 26.8 Å². The van der Waals surface area contributed by atoms with E-state index in [4.69, 9.17) is 0 Å². The fraction of sp³-hybridized carbons (Fsp3) is 0.462. The highest BCUT2D eigenvalue weighted by Gasteiger charge is 2.17. The molecule has 6 heteroatoms. The molecule has 0 aliphatic heterocycles. The Bertz CT molecular complexity index is 508. The van der Waals surface area contributed by atoms with Gasteiger partial charge in [0.2, 0.25) is 11.5 Å². The van der Waals surface area contributed by atoms with Crippen molar-refractivity contribution in [2.45, 2.75) is 26.8 Å². The highest BCUT2D eigenvalue weighted by atomic mass is 16.2. The molecule has 6 nitrogen and oxygen atoms in total. The first-order valence-electron chi connectivity index (χ1n) is 6.21. The Labute approximate surface area is 111 Å². The Morgan fingerprint density at radius 3 is 2.63 bits per heavy atom. The first-order chi connectivity index (χ1) is 8.93. The van der Waals surface area contributed by atoms with E-state index in [9.17, 15) is 14.4 Å². The maximum atomic E-state index is 12.1. The smallest absolute Gasteiger partial charge is 0.254 e. The first-order valence-corrected chi connectivity index (χ1v) is 6.21. The Kier molecular flexibility index (Phi) is 5.29. The minimum atomic E-state index is -0.339. The number of amides is 2. The van der Waals surface area contributed by atoms with Crippen LogP contribution in [-0.2, 0) is 4.79 Å². The largest absolute Gasteiger partial charge is 0.352 e. The molecule has 0 fully saturated rings. The maximum absolute atomic E-state index is 12.1. The summed E-state index contributed by atoms with van der Waals surface area (Å²) < 4.78 is 0. The molecule has 1 rings (SSSR count). The molecule has 0 aliphatic carbocycles. The lowest BCUT2D eigenvalue weighted by Crippen LogP contribution is -2.42. The number of hydrogen-bond acceptors (Lipinski definition) is 3. The van der Waals surface area contributed by atoms with E-state index in [2.05, 4.69) is 10.3 Å². The maximum Gasteiger partial charge on any atom is 0.254 e. The van der Waals surface area contributed by atoms with Gasteiger partial charge in [-0.1, -0.05) is 0 Å². The molecule has 0 atom stereocenters. The Balaban J connectivity index is 2.77. The van der Waals surface area contributed by atoms with Gasteiger partial charge in [0.15, 0.2) is 0 Å². The number of pyridine rings is 1. The van der Waals surface area contributed by atoms with Gasteiger partial charge in [-0.15, -0.1) is 0 Å². The lowest BCUT2D eigenvalue weighted by atomic mass is 10.2. The van der Waals surface area contributed by atoms with Gasteiger partial charge >= 0.3 is 0 Å². The molecular formula is C13H19N3O3. The zero-order chi connectivity index (χ0) is 14.4. The summed E-state index contributed by atoms with van der Waals surface area (Å²) in [6.07, 6.45) is 1.41. The van der Waals surface area contributed by atoms with Gasteiger partial charge in [-0.3, -0.25) is 14.4 Å². The normalized spacial score (nSPS) is 10.3. The van der Waals surface area contributed by atoms with E-state index < -0.39 is 0 Å². The molecule has 0 spiro atoms. The fourth-order valence-corrected chi connectivity index (χ4v) is 1.63. The highest BCUT2D eigenvalue weighted by Crippen LogP contribution is 2.01. The summed E-state index contributed by atoms with van der Waals surface area (Å²) in [5, 5.41) is 2.72. The number of nitrogens with zero attached hydrogens (tertiary/aromatic N) is 1. The molecular weight excluding hydrogens is 246 g/mol. The van der Waals surface area contributed by atoms with E-state index in [1.807, 2.05) is 13.8 Å². The van der Waals surface area contributed by atoms with Crippen molar-refractivity contribution >= 4 is 11.8 Å². The lowest BCUT2D eigenvalue weighted by Gasteiger charge is -2.21. The number of hydrogen-bond donors (Lipinski definition) is 2. The number of likely N-dealkylation sites (N-methyl/N-ethyl adjacent to an activating group) is 1. The fourth-order valence-electron chi connectivity index (χ4n) is 1.63. The molecule has 0 aliphatic rings. The summed E-state index contributed by atoms with van der Waals surface area (Å²) in [5.41, 5.74) is -0.0588. The molecule has 1 aromatic rings. The van der Waals surface area contributed by atoms with Gasteiger partial charge in [0, 0.05) is 30.4 Å². The molecule has 1 heterocycles. The molecule has 0 bridgehead atoms. The zero-order valence-electron chi connectivity index (χ0n) is 11.4. The van der Waals surface area contributed by atoms with Crippen molar-refractivity contribution in [2.24, 2.45) is 0 Å². The van der Waals surface area contributed by atoms with Crippen molar-refractivity contribution in [2.75, 3.05) is 13.1 Å². The molecule has 0 unspecified atom stereocenters. The second-order valence-corrected chi connectivity index (χ2v) is 4.48. The average Bonchev–Trinajstić information content (AvgIpc) is 2.34. The van der Waals surface area contributed by atoms with Crippen molar-refractivity contribution in [3.05, 3.63) is 34.2 Å². The van der Waals surface area contributed by atoms with Gasteiger partial charge in [0.1, 0.15) is 0 Å². The van der Waals surface area contributed by atoms with Gasteiger partial charge in [-0.25, -0.2) is 0 Å². The minimum Gasteiger partial charge on any atom is -0.352 e. The van der Waals surface area contributed by atoms with Gasteiger partial charge in [0.25, 0.3) is 5.91 Å². The van der Waals surface area contributed by atoms with Crippen LogP contribution in [0, 0.1) is 0 Å². The Hall–Kier alpha value is -2.11. The average molecular weight is 265 g/mol. The second kappa shape index (κ2) is 6.72. The van der Waals surface area contributed by atoms with Crippen LogP contribution in [0.2, 0.25) is 0 Å². The Morgan fingerprint density at radius 1 is 1.42 bits per heavy atom. The van der Waals surface area contributed by atoms with Crippen LogP contribution in [0.1, 0.15) is 31.1 Å².